The molecule has 2 aliphatic rings. The van der Waals surface area contributed by atoms with E-state index < -0.39 is 0 Å². The molecule has 0 N–H and O–H groups in total. The Morgan fingerprint density at radius 1 is 1.33 bits per heavy atom. The summed E-state index contributed by atoms with van der Waals surface area (Å²) in [6.45, 7) is 0. The zero-order chi connectivity index (χ0) is 10.5. The first kappa shape index (κ1) is 8.72. The maximum Gasteiger partial charge on any atom is 0.141 e. The van der Waals surface area contributed by atoms with Gasteiger partial charge in [0.05, 0.1) is 5.56 Å². The number of ether oxygens (including phenoxy) is 1. The summed E-state index contributed by atoms with van der Waals surface area (Å²) >= 11 is 0. The van der Waals surface area contributed by atoms with Crippen molar-refractivity contribution in [1.29, 1.82) is 5.26 Å². The SMILES string of the molecule is N#Cc1cc(F)cc2c1OC1(CC2)CC1. The van der Waals surface area contributed by atoms with Crippen LogP contribution in [0.2, 0.25) is 0 Å². The van der Waals surface area contributed by atoms with Crippen LogP contribution in [0.3, 0.4) is 0 Å². The van der Waals surface area contributed by atoms with E-state index in [0.29, 0.717) is 11.3 Å². The fourth-order valence-corrected chi connectivity index (χ4v) is 2.16. The monoisotopic (exact) mass is 203 g/mol. The molecule has 0 amide bonds. The predicted molar refractivity (Wildman–Crippen MR) is 52.0 cm³/mol. The first-order chi connectivity index (χ1) is 7.22. The second-order valence-electron chi connectivity index (χ2n) is 4.34. The van der Waals surface area contributed by atoms with E-state index in [0.717, 1.165) is 31.2 Å². The Balaban J connectivity index is 2.11. The molecule has 0 radical (unpaired) electrons. The molecular formula is C12H10FNO. The number of hydrogen-bond donors (Lipinski definition) is 0. The molecule has 15 heavy (non-hydrogen) atoms. The van der Waals surface area contributed by atoms with Crippen molar-refractivity contribution in [2.45, 2.75) is 31.3 Å². The Morgan fingerprint density at radius 2 is 2.13 bits per heavy atom. The van der Waals surface area contributed by atoms with E-state index >= 15 is 0 Å². The van der Waals surface area contributed by atoms with Crippen molar-refractivity contribution < 1.29 is 9.13 Å². The van der Waals surface area contributed by atoms with Crippen LogP contribution in [0.4, 0.5) is 4.39 Å². The van der Waals surface area contributed by atoms with Crippen LogP contribution in [0.25, 0.3) is 0 Å². The molecular weight excluding hydrogens is 193 g/mol. The minimum atomic E-state index is -0.347. The summed E-state index contributed by atoms with van der Waals surface area (Å²) in [7, 11) is 0. The summed E-state index contributed by atoms with van der Waals surface area (Å²) in [5, 5.41) is 8.91. The maximum absolute atomic E-state index is 13.1. The molecule has 1 fully saturated rings. The molecule has 1 aliphatic heterocycles. The van der Waals surface area contributed by atoms with Gasteiger partial charge in [0.2, 0.25) is 0 Å². The van der Waals surface area contributed by atoms with Crippen LogP contribution < -0.4 is 4.74 Å². The molecule has 1 aliphatic carbocycles. The zero-order valence-electron chi connectivity index (χ0n) is 8.22. The van der Waals surface area contributed by atoms with Crippen LogP contribution in [0, 0.1) is 17.1 Å². The van der Waals surface area contributed by atoms with Crippen molar-refractivity contribution in [3.63, 3.8) is 0 Å². The molecule has 0 atom stereocenters. The molecule has 1 aromatic carbocycles. The average molecular weight is 203 g/mol. The second-order valence-corrected chi connectivity index (χ2v) is 4.34. The van der Waals surface area contributed by atoms with Crippen LogP contribution in [-0.2, 0) is 6.42 Å². The Labute approximate surface area is 87.3 Å². The van der Waals surface area contributed by atoms with Gasteiger partial charge in [-0.25, -0.2) is 4.39 Å². The summed E-state index contributed by atoms with van der Waals surface area (Å²) in [4.78, 5) is 0. The van der Waals surface area contributed by atoms with Gasteiger partial charge in [-0.3, -0.25) is 0 Å². The molecule has 3 rings (SSSR count). The number of rotatable bonds is 0. The highest BCUT2D eigenvalue weighted by Gasteiger charge is 2.48. The highest BCUT2D eigenvalue weighted by atomic mass is 19.1. The Morgan fingerprint density at radius 3 is 2.80 bits per heavy atom. The normalized spacial score (nSPS) is 20.3. The molecule has 2 nitrogen and oxygen atoms in total. The highest BCUT2D eigenvalue weighted by molar-refractivity contribution is 5.50. The number of halogens is 1. The van der Waals surface area contributed by atoms with Crippen LogP contribution in [-0.4, -0.2) is 5.60 Å². The van der Waals surface area contributed by atoms with Gasteiger partial charge in [0.1, 0.15) is 23.2 Å². The Kier molecular flexibility index (Phi) is 1.59. The Bertz CT molecular complexity index is 471. The average Bonchev–Trinajstić information content (AvgIpc) is 2.98. The van der Waals surface area contributed by atoms with E-state index in [1.54, 1.807) is 0 Å². The summed E-state index contributed by atoms with van der Waals surface area (Å²) in [6.07, 6.45) is 3.90. The van der Waals surface area contributed by atoms with Gasteiger partial charge in [0, 0.05) is 0 Å². The molecule has 0 unspecified atom stereocenters. The lowest BCUT2D eigenvalue weighted by Crippen LogP contribution is -2.24. The third-order valence-corrected chi connectivity index (χ3v) is 3.23. The fourth-order valence-electron chi connectivity index (χ4n) is 2.16. The van der Waals surface area contributed by atoms with Crippen molar-refractivity contribution in [3.8, 4) is 11.8 Å². The van der Waals surface area contributed by atoms with Crippen LogP contribution in [0.1, 0.15) is 30.4 Å². The van der Waals surface area contributed by atoms with E-state index in [2.05, 4.69) is 0 Å². The van der Waals surface area contributed by atoms with Gasteiger partial charge in [-0.1, -0.05) is 0 Å². The predicted octanol–water partition coefficient (Wildman–Crippen LogP) is 2.55. The summed E-state index contributed by atoms with van der Waals surface area (Å²) < 4.78 is 19.0. The van der Waals surface area contributed by atoms with E-state index in [4.69, 9.17) is 10.00 Å². The summed E-state index contributed by atoms with van der Waals surface area (Å²) in [6, 6.07) is 4.72. The number of hydrogen-bond acceptors (Lipinski definition) is 2. The number of fused-ring (bicyclic) bond motifs is 1. The number of nitrogens with zero attached hydrogens (tertiary/aromatic N) is 1. The summed E-state index contributed by atoms with van der Waals surface area (Å²) in [5.74, 6) is 0.267. The van der Waals surface area contributed by atoms with Crippen LogP contribution in [0.15, 0.2) is 12.1 Å². The molecule has 3 heteroatoms. The van der Waals surface area contributed by atoms with Crippen molar-refractivity contribution >= 4 is 0 Å². The van der Waals surface area contributed by atoms with Gasteiger partial charge >= 0.3 is 0 Å². The molecule has 0 saturated heterocycles. The lowest BCUT2D eigenvalue weighted by molar-refractivity contribution is 0.150. The largest absolute Gasteiger partial charge is 0.486 e. The van der Waals surface area contributed by atoms with E-state index in [9.17, 15) is 4.39 Å². The molecule has 0 aromatic heterocycles. The highest BCUT2D eigenvalue weighted by Crippen LogP contribution is 2.49. The lowest BCUT2D eigenvalue weighted by atomic mass is 9.98. The fraction of sp³-hybridized carbons (Fsp3) is 0.417. The van der Waals surface area contributed by atoms with E-state index in [1.807, 2.05) is 6.07 Å². The third-order valence-electron chi connectivity index (χ3n) is 3.23. The van der Waals surface area contributed by atoms with E-state index in [1.165, 1.54) is 12.1 Å². The lowest BCUT2D eigenvalue weighted by Gasteiger charge is -2.26. The van der Waals surface area contributed by atoms with Crippen molar-refractivity contribution in [2.75, 3.05) is 0 Å². The third kappa shape index (κ3) is 1.29. The van der Waals surface area contributed by atoms with Crippen molar-refractivity contribution in [2.24, 2.45) is 0 Å². The van der Waals surface area contributed by atoms with Gasteiger partial charge in [0.15, 0.2) is 0 Å². The molecule has 1 heterocycles. The van der Waals surface area contributed by atoms with Gasteiger partial charge in [-0.2, -0.15) is 5.26 Å². The van der Waals surface area contributed by atoms with Crippen molar-refractivity contribution in [3.05, 3.63) is 29.1 Å². The zero-order valence-corrected chi connectivity index (χ0v) is 8.22. The van der Waals surface area contributed by atoms with Gasteiger partial charge in [0.25, 0.3) is 0 Å². The summed E-state index contributed by atoms with van der Waals surface area (Å²) in [5.41, 5.74) is 1.15. The number of nitriles is 1. The quantitative estimate of drug-likeness (QED) is 0.649. The van der Waals surface area contributed by atoms with Crippen molar-refractivity contribution in [1.82, 2.24) is 0 Å². The topological polar surface area (TPSA) is 33.0 Å². The minimum Gasteiger partial charge on any atom is -0.486 e. The minimum absolute atomic E-state index is 0.0174. The van der Waals surface area contributed by atoms with E-state index in [-0.39, 0.29) is 11.4 Å². The maximum atomic E-state index is 13.1. The molecule has 0 bridgehead atoms. The molecule has 76 valence electrons. The van der Waals surface area contributed by atoms with Crippen LogP contribution >= 0.6 is 0 Å². The van der Waals surface area contributed by atoms with Gasteiger partial charge in [-0.05, 0) is 43.4 Å². The first-order valence-corrected chi connectivity index (χ1v) is 5.14. The molecule has 1 aromatic rings. The number of aryl methyl sites for hydroxylation is 1. The first-order valence-electron chi connectivity index (χ1n) is 5.14. The number of benzene rings is 1. The smallest absolute Gasteiger partial charge is 0.141 e. The van der Waals surface area contributed by atoms with Gasteiger partial charge in [-0.15, -0.1) is 0 Å². The standard InChI is InChI=1S/C12H10FNO/c13-10-5-8-1-2-12(3-4-12)15-11(8)9(6-10)7-14/h5-6H,1-4H2. The molecule has 1 saturated carbocycles. The van der Waals surface area contributed by atoms with Crippen LogP contribution in [0.5, 0.6) is 5.75 Å². The molecule has 1 spiro atoms. The Hall–Kier alpha value is -1.56. The second kappa shape index (κ2) is 2.73. The van der Waals surface area contributed by atoms with Gasteiger partial charge < -0.3 is 4.74 Å².